The molecule has 7 aromatic carbocycles. The monoisotopic (exact) mass is 828 g/mol. The third-order valence-corrected chi connectivity index (χ3v) is 17.7. The van der Waals surface area contributed by atoms with E-state index >= 15 is 0 Å². The van der Waals surface area contributed by atoms with Crippen molar-refractivity contribution in [2.75, 3.05) is 0 Å². The van der Waals surface area contributed by atoms with Crippen molar-refractivity contribution in [2.24, 2.45) is 5.41 Å². The molecule has 1 fully saturated rings. The molecule has 0 aliphatic heterocycles. The molecule has 17 rings (SSSR count). The lowest BCUT2D eigenvalue weighted by molar-refractivity contribution is 0.0732. The van der Waals surface area contributed by atoms with Crippen molar-refractivity contribution >= 4 is 82.0 Å². The van der Waals surface area contributed by atoms with Crippen LogP contribution in [0.4, 0.5) is 0 Å². The van der Waals surface area contributed by atoms with Crippen molar-refractivity contribution in [1.82, 2.24) is 8.80 Å². The number of rotatable bonds is 0. The van der Waals surface area contributed by atoms with Crippen molar-refractivity contribution in [1.29, 1.82) is 0 Å². The van der Waals surface area contributed by atoms with E-state index in [4.69, 9.17) is 0 Å². The molecule has 3 heteroatoms. The fourth-order valence-corrected chi connectivity index (χ4v) is 14.1. The minimum absolute atomic E-state index is 0.0161. The first-order valence-electron chi connectivity index (χ1n) is 23.9. The smallest absolute Gasteiger partial charge is 0.169 e. The number of benzene rings is 7. The fraction of sp³-hybridized carbons (Fsp3) is 0.295. The van der Waals surface area contributed by atoms with Gasteiger partial charge in [0, 0.05) is 65.9 Å². The summed E-state index contributed by atoms with van der Waals surface area (Å²) in [4.78, 5) is 14.7. The predicted molar refractivity (Wildman–Crippen MR) is 266 cm³/mol. The molecule has 0 spiro atoms. The first-order chi connectivity index (χ1) is 30.6. The van der Waals surface area contributed by atoms with Crippen molar-refractivity contribution in [3.05, 3.63) is 165 Å². The molecule has 4 bridgehead atoms. The molecule has 4 heterocycles. The second-order valence-corrected chi connectivity index (χ2v) is 23.3. The summed E-state index contributed by atoms with van der Waals surface area (Å²) in [6.45, 7) is 18.8. The minimum Gasteiger partial charge on any atom is -0.308 e. The van der Waals surface area contributed by atoms with E-state index in [-0.39, 0.29) is 33.5 Å². The number of hydrogen-bond acceptors (Lipinski definition) is 1. The summed E-state index contributed by atoms with van der Waals surface area (Å²) in [6, 6.07) is 43.3. The van der Waals surface area contributed by atoms with Crippen LogP contribution in [0.5, 0.6) is 0 Å². The summed E-state index contributed by atoms with van der Waals surface area (Å²) in [7, 11) is 0. The highest BCUT2D eigenvalue weighted by molar-refractivity contribution is 6.30. The van der Waals surface area contributed by atoms with Crippen molar-refractivity contribution in [2.45, 2.75) is 109 Å². The maximum Gasteiger partial charge on any atom is 0.169 e. The lowest BCUT2D eigenvalue weighted by atomic mass is 9.60. The Bertz CT molecular complexity index is 3930. The van der Waals surface area contributed by atoms with Crippen LogP contribution in [-0.2, 0) is 16.2 Å². The topological polar surface area (TPSA) is 25.9 Å². The highest BCUT2D eigenvalue weighted by Gasteiger charge is 2.49. The number of ketones is 1. The van der Waals surface area contributed by atoms with Crippen LogP contribution in [0.15, 0.2) is 109 Å². The van der Waals surface area contributed by atoms with E-state index in [1.807, 2.05) is 0 Å². The molecule has 0 saturated heterocycles. The highest BCUT2D eigenvalue weighted by Crippen LogP contribution is 2.60. The van der Waals surface area contributed by atoms with Gasteiger partial charge in [0.15, 0.2) is 5.78 Å². The van der Waals surface area contributed by atoms with E-state index in [0.29, 0.717) is 5.78 Å². The van der Waals surface area contributed by atoms with Crippen LogP contribution in [0.1, 0.15) is 153 Å². The molecular formula is C61H52N2O. The van der Waals surface area contributed by atoms with Crippen LogP contribution in [0.25, 0.3) is 76.2 Å². The number of Topliss-reactive ketones (excluding diaryl/α,β-unsaturated/α-hetero) is 1. The molecule has 0 unspecified atom stereocenters. The molecule has 6 aliphatic rings. The van der Waals surface area contributed by atoms with Crippen molar-refractivity contribution in [3.8, 4) is 0 Å². The average Bonchev–Trinajstić information content (AvgIpc) is 3.98. The number of aromatic nitrogens is 2. The van der Waals surface area contributed by atoms with E-state index in [2.05, 4.69) is 173 Å². The highest BCUT2D eigenvalue weighted by atomic mass is 16.1. The van der Waals surface area contributed by atoms with Gasteiger partial charge < -0.3 is 8.80 Å². The fourth-order valence-electron chi connectivity index (χ4n) is 14.1. The van der Waals surface area contributed by atoms with Gasteiger partial charge in [0.1, 0.15) is 0 Å². The van der Waals surface area contributed by atoms with Gasteiger partial charge in [0.2, 0.25) is 0 Å². The normalized spacial score (nSPS) is 22.9. The van der Waals surface area contributed by atoms with Crippen molar-refractivity contribution in [3.63, 3.8) is 0 Å². The van der Waals surface area contributed by atoms with Gasteiger partial charge >= 0.3 is 0 Å². The van der Waals surface area contributed by atoms with Gasteiger partial charge in [0.05, 0.1) is 33.1 Å². The van der Waals surface area contributed by atoms with E-state index in [0.717, 1.165) is 31.2 Å². The number of carbonyl (C=O) groups excluding carboxylic acids is 1. The van der Waals surface area contributed by atoms with E-state index in [1.54, 1.807) is 0 Å². The maximum absolute atomic E-state index is 14.7. The largest absolute Gasteiger partial charge is 0.308 e. The van der Waals surface area contributed by atoms with E-state index in [1.165, 1.54) is 126 Å². The van der Waals surface area contributed by atoms with Gasteiger partial charge in [-0.05, 0) is 147 Å². The molecule has 6 aliphatic carbocycles. The molecule has 3 nitrogen and oxygen atoms in total. The van der Waals surface area contributed by atoms with Crippen LogP contribution >= 0.6 is 0 Å². The quantitative estimate of drug-likeness (QED) is 0.150. The summed E-state index contributed by atoms with van der Waals surface area (Å²) in [5.74, 6) is 0.763. The molecule has 0 amide bonds. The molecule has 0 atom stereocenters. The van der Waals surface area contributed by atoms with E-state index in [9.17, 15) is 4.79 Å². The molecule has 11 aromatic rings. The first kappa shape index (κ1) is 36.2. The SMILES string of the molecule is CC12CCC(C)(CC1)c1cc3c4cc(C(C)(C)C)cc5c6cc7c(cc6n(c3cc1C2=O)c45)c1cc(C(C)(C)C)cc2c3c4c(ccc3n7c12)C1c2ccccc2C4c2ccccc21. The standard InChI is InChI=1S/C61H52N2O/c1-58(2,3)31-23-41-38-27-46-44(57(64)61(8)21-19-60(46,7)20-22-61)30-50(38)63-49-29-40-43-25-32(59(4,5)6)26-45-53-47(62(56(43)45)48(40)28-39(49)42(24-31)55(41)63)18-17-37-51-33-13-9-11-15-35(33)52(54(37)53)36-16-12-10-14-34(36)51/h9-18,23-30,51-52H,19-22H2,1-8H3. The third-order valence-electron chi connectivity index (χ3n) is 17.7. The Balaban J connectivity index is 1.10. The lowest BCUT2D eigenvalue weighted by Gasteiger charge is -2.42. The zero-order valence-corrected chi connectivity index (χ0v) is 38.2. The number of carbonyl (C=O) groups is 1. The molecule has 64 heavy (non-hydrogen) atoms. The predicted octanol–water partition coefficient (Wildman–Crippen LogP) is 15.6. The number of fused-ring (bicyclic) bond motifs is 14. The van der Waals surface area contributed by atoms with Gasteiger partial charge in [-0.2, -0.15) is 0 Å². The van der Waals surface area contributed by atoms with Crippen LogP contribution in [0.2, 0.25) is 0 Å². The Morgan fingerprint density at radius 2 is 0.922 bits per heavy atom. The zero-order valence-electron chi connectivity index (χ0n) is 38.2. The van der Waals surface area contributed by atoms with Gasteiger partial charge in [-0.25, -0.2) is 0 Å². The summed E-state index contributed by atoms with van der Waals surface area (Å²) in [6.07, 6.45) is 4.08. The van der Waals surface area contributed by atoms with Crippen LogP contribution in [0, 0.1) is 5.41 Å². The lowest BCUT2D eigenvalue weighted by Crippen LogP contribution is -2.33. The Morgan fingerprint density at radius 3 is 1.47 bits per heavy atom. The third kappa shape index (κ3) is 4.08. The molecule has 0 N–H and O–H groups in total. The van der Waals surface area contributed by atoms with E-state index < -0.39 is 0 Å². The molecule has 4 aromatic heterocycles. The van der Waals surface area contributed by atoms with Gasteiger partial charge in [-0.1, -0.05) is 110 Å². The summed E-state index contributed by atoms with van der Waals surface area (Å²) in [5.41, 5.74) is 21.0. The second kappa shape index (κ2) is 11.0. The van der Waals surface area contributed by atoms with Gasteiger partial charge in [-0.3, -0.25) is 4.79 Å². The van der Waals surface area contributed by atoms with Gasteiger partial charge in [-0.15, -0.1) is 0 Å². The van der Waals surface area contributed by atoms with Crippen molar-refractivity contribution < 1.29 is 4.79 Å². The average molecular weight is 829 g/mol. The number of nitrogens with zero attached hydrogens (tertiary/aromatic N) is 2. The Kier molecular flexibility index (Phi) is 6.22. The minimum atomic E-state index is -0.288. The van der Waals surface area contributed by atoms with Gasteiger partial charge in [0.25, 0.3) is 0 Å². The Hall–Kier alpha value is -6.19. The molecule has 0 radical (unpaired) electrons. The first-order valence-corrected chi connectivity index (χ1v) is 23.9. The zero-order chi connectivity index (χ0) is 43.3. The molecule has 312 valence electrons. The van der Waals surface area contributed by atoms with Crippen LogP contribution in [0.3, 0.4) is 0 Å². The van der Waals surface area contributed by atoms with Crippen LogP contribution in [-0.4, -0.2) is 14.6 Å². The summed E-state index contributed by atoms with van der Waals surface area (Å²) in [5, 5.41) is 10.6. The Morgan fingerprint density at radius 1 is 0.469 bits per heavy atom. The van der Waals surface area contributed by atoms with Crippen LogP contribution < -0.4 is 0 Å². The Labute approximate surface area is 373 Å². The molecule has 1 saturated carbocycles. The second-order valence-electron chi connectivity index (χ2n) is 23.3. The maximum atomic E-state index is 14.7. The summed E-state index contributed by atoms with van der Waals surface area (Å²) >= 11 is 0. The summed E-state index contributed by atoms with van der Waals surface area (Å²) < 4.78 is 5.18. The number of hydrogen-bond donors (Lipinski definition) is 0. The molecular weight excluding hydrogens is 777 g/mol.